The largest absolute Gasteiger partial charge is 0.491 e. The summed E-state index contributed by atoms with van der Waals surface area (Å²) < 4.78 is 5.59. The van der Waals surface area contributed by atoms with E-state index in [0.717, 1.165) is 11.1 Å². The summed E-state index contributed by atoms with van der Waals surface area (Å²) in [6.07, 6.45) is 0.343. The predicted octanol–water partition coefficient (Wildman–Crippen LogP) is 3.30. The van der Waals surface area contributed by atoms with Crippen molar-refractivity contribution in [2.24, 2.45) is 0 Å². The Morgan fingerprint density at radius 2 is 1.92 bits per heavy atom. The number of amides is 2. The van der Waals surface area contributed by atoms with Gasteiger partial charge in [0.1, 0.15) is 5.75 Å². The summed E-state index contributed by atoms with van der Waals surface area (Å²) in [6, 6.07) is 10.9. The molecule has 2 aromatic carbocycles. The van der Waals surface area contributed by atoms with Gasteiger partial charge in [-0.15, -0.1) is 0 Å². The Kier molecular flexibility index (Phi) is 4.25. The molecule has 0 spiro atoms. The minimum absolute atomic E-state index is 0.00798. The molecular formula is C19H20N2O3. The molecule has 0 bridgehead atoms. The molecule has 1 N–H and O–H groups in total. The SMILES string of the molecule is Cc1ccc(C(=O)Nc2ccc3c(c2)N(C)C(=O)CCO3)cc1C. The van der Waals surface area contributed by atoms with Crippen molar-refractivity contribution in [1.29, 1.82) is 0 Å². The van der Waals surface area contributed by atoms with Gasteiger partial charge in [-0.1, -0.05) is 6.07 Å². The lowest BCUT2D eigenvalue weighted by molar-refractivity contribution is -0.118. The van der Waals surface area contributed by atoms with Crippen molar-refractivity contribution in [2.45, 2.75) is 20.3 Å². The van der Waals surface area contributed by atoms with Crippen LogP contribution in [0.2, 0.25) is 0 Å². The first-order valence-corrected chi connectivity index (χ1v) is 7.88. The standard InChI is InChI=1S/C19H20N2O3/c1-12-4-5-14(10-13(12)2)19(23)20-15-6-7-17-16(11-15)21(3)18(22)8-9-24-17/h4-7,10-11H,8-9H2,1-3H3,(H,20,23). The highest BCUT2D eigenvalue weighted by atomic mass is 16.5. The fourth-order valence-corrected chi connectivity index (χ4v) is 2.62. The summed E-state index contributed by atoms with van der Waals surface area (Å²) in [5.41, 5.74) is 4.11. The number of aryl methyl sites for hydroxylation is 2. The Morgan fingerprint density at radius 1 is 1.12 bits per heavy atom. The smallest absolute Gasteiger partial charge is 0.255 e. The Balaban J connectivity index is 1.85. The number of ether oxygens (including phenoxy) is 1. The lowest BCUT2D eigenvalue weighted by atomic mass is 10.1. The number of nitrogens with one attached hydrogen (secondary N) is 1. The van der Waals surface area contributed by atoms with E-state index < -0.39 is 0 Å². The van der Waals surface area contributed by atoms with Crippen molar-refractivity contribution in [1.82, 2.24) is 0 Å². The fourth-order valence-electron chi connectivity index (χ4n) is 2.62. The summed E-state index contributed by atoms with van der Waals surface area (Å²) in [7, 11) is 1.71. The molecular weight excluding hydrogens is 304 g/mol. The summed E-state index contributed by atoms with van der Waals surface area (Å²) in [6.45, 7) is 4.35. The average Bonchev–Trinajstić information content (AvgIpc) is 2.70. The molecule has 1 heterocycles. The van der Waals surface area contributed by atoms with Crippen LogP contribution in [-0.4, -0.2) is 25.5 Å². The van der Waals surface area contributed by atoms with Crippen molar-refractivity contribution >= 4 is 23.2 Å². The zero-order chi connectivity index (χ0) is 17.3. The van der Waals surface area contributed by atoms with E-state index in [2.05, 4.69) is 5.32 Å². The molecule has 1 aliphatic heterocycles. The highest BCUT2D eigenvalue weighted by Gasteiger charge is 2.20. The van der Waals surface area contributed by atoms with Crippen molar-refractivity contribution in [2.75, 3.05) is 23.9 Å². The van der Waals surface area contributed by atoms with Gasteiger partial charge >= 0.3 is 0 Å². The normalized spacial score (nSPS) is 13.8. The molecule has 5 heteroatoms. The molecule has 0 unspecified atom stereocenters. The van der Waals surface area contributed by atoms with E-state index in [4.69, 9.17) is 4.74 Å². The molecule has 5 nitrogen and oxygen atoms in total. The molecule has 0 saturated heterocycles. The Morgan fingerprint density at radius 3 is 2.67 bits per heavy atom. The minimum atomic E-state index is -0.179. The van der Waals surface area contributed by atoms with Crippen LogP contribution < -0.4 is 15.0 Å². The molecule has 0 atom stereocenters. The fraction of sp³-hybridized carbons (Fsp3) is 0.263. The topological polar surface area (TPSA) is 58.6 Å². The highest BCUT2D eigenvalue weighted by Crippen LogP contribution is 2.33. The number of carbonyl (C=O) groups is 2. The second-order valence-corrected chi connectivity index (χ2v) is 5.99. The first-order valence-electron chi connectivity index (χ1n) is 7.88. The number of hydrogen-bond acceptors (Lipinski definition) is 3. The number of fused-ring (bicyclic) bond motifs is 1. The second-order valence-electron chi connectivity index (χ2n) is 5.99. The maximum atomic E-state index is 12.4. The van der Waals surface area contributed by atoms with Crippen LogP contribution in [0.3, 0.4) is 0 Å². The molecule has 0 aromatic heterocycles. The molecule has 2 amide bonds. The van der Waals surface area contributed by atoms with Gasteiger partial charge in [-0.05, 0) is 55.3 Å². The van der Waals surface area contributed by atoms with Crippen LogP contribution >= 0.6 is 0 Å². The first-order chi connectivity index (χ1) is 11.5. The molecule has 0 saturated carbocycles. The van der Waals surface area contributed by atoms with Crippen LogP contribution in [-0.2, 0) is 4.79 Å². The van der Waals surface area contributed by atoms with Crippen molar-refractivity contribution < 1.29 is 14.3 Å². The molecule has 1 aliphatic rings. The van der Waals surface area contributed by atoms with Gasteiger partial charge < -0.3 is 15.0 Å². The average molecular weight is 324 g/mol. The van der Waals surface area contributed by atoms with E-state index in [9.17, 15) is 9.59 Å². The maximum Gasteiger partial charge on any atom is 0.255 e. The number of hydrogen-bond donors (Lipinski definition) is 1. The lowest BCUT2D eigenvalue weighted by Gasteiger charge is -2.17. The number of rotatable bonds is 2. The van der Waals surface area contributed by atoms with Crippen LogP contribution in [0, 0.1) is 13.8 Å². The van der Waals surface area contributed by atoms with Gasteiger partial charge in [0.2, 0.25) is 5.91 Å². The lowest BCUT2D eigenvalue weighted by Crippen LogP contribution is -2.25. The van der Waals surface area contributed by atoms with Gasteiger partial charge in [0.15, 0.2) is 0 Å². The molecule has 124 valence electrons. The van der Waals surface area contributed by atoms with E-state index in [-0.39, 0.29) is 11.8 Å². The van der Waals surface area contributed by atoms with Crippen LogP contribution in [0.1, 0.15) is 27.9 Å². The van der Waals surface area contributed by atoms with Gasteiger partial charge in [0.25, 0.3) is 5.91 Å². The molecule has 0 radical (unpaired) electrons. The van der Waals surface area contributed by atoms with Crippen LogP contribution in [0.15, 0.2) is 36.4 Å². The number of carbonyl (C=O) groups excluding carboxylic acids is 2. The van der Waals surface area contributed by atoms with E-state index in [0.29, 0.717) is 35.7 Å². The third kappa shape index (κ3) is 3.11. The van der Waals surface area contributed by atoms with E-state index in [1.165, 1.54) is 0 Å². The number of nitrogens with zero attached hydrogens (tertiary/aromatic N) is 1. The summed E-state index contributed by atoms with van der Waals surface area (Å²) in [5.74, 6) is 0.459. The van der Waals surface area contributed by atoms with Gasteiger partial charge in [-0.2, -0.15) is 0 Å². The number of anilines is 2. The second kappa shape index (κ2) is 6.35. The highest BCUT2D eigenvalue weighted by molar-refractivity contribution is 6.05. The van der Waals surface area contributed by atoms with Gasteiger partial charge in [-0.3, -0.25) is 9.59 Å². The van der Waals surface area contributed by atoms with Gasteiger partial charge in [0.05, 0.1) is 18.7 Å². The molecule has 0 aliphatic carbocycles. The van der Waals surface area contributed by atoms with Crippen molar-refractivity contribution in [3.05, 3.63) is 53.1 Å². The summed E-state index contributed by atoms with van der Waals surface area (Å²) >= 11 is 0. The molecule has 24 heavy (non-hydrogen) atoms. The van der Waals surface area contributed by atoms with E-state index in [1.54, 1.807) is 36.2 Å². The predicted molar refractivity (Wildman–Crippen MR) is 93.8 cm³/mol. The monoisotopic (exact) mass is 324 g/mol. The minimum Gasteiger partial charge on any atom is -0.491 e. The van der Waals surface area contributed by atoms with Gasteiger partial charge in [-0.25, -0.2) is 0 Å². The van der Waals surface area contributed by atoms with Crippen LogP contribution in [0.5, 0.6) is 5.75 Å². The molecule has 0 fully saturated rings. The van der Waals surface area contributed by atoms with E-state index in [1.807, 2.05) is 26.0 Å². The quantitative estimate of drug-likeness (QED) is 0.922. The van der Waals surface area contributed by atoms with E-state index >= 15 is 0 Å². The Labute approximate surface area is 141 Å². The molecule has 2 aromatic rings. The third-order valence-electron chi connectivity index (χ3n) is 4.29. The third-order valence-corrected chi connectivity index (χ3v) is 4.29. The zero-order valence-electron chi connectivity index (χ0n) is 14.1. The first kappa shape index (κ1) is 16.1. The zero-order valence-corrected chi connectivity index (χ0v) is 14.1. The summed E-state index contributed by atoms with van der Waals surface area (Å²) in [5, 5.41) is 2.88. The van der Waals surface area contributed by atoms with Gasteiger partial charge in [0, 0.05) is 18.3 Å². The Bertz CT molecular complexity index is 814. The van der Waals surface area contributed by atoms with Crippen molar-refractivity contribution in [3.63, 3.8) is 0 Å². The Hall–Kier alpha value is -2.82. The molecule has 3 rings (SSSR count). The van der Waals surface area contributed by atoms with Crippen LogP contribution in [0.25, 0.3) is 0 Å². The summed E-state index contributed by atoms with van der Waals surface area (Å²) in [4.78, 5) is 26.0. The van der Waals surface area contributed by atoms with Crippen molar-refractivity contribution in [3.8, 4) is 5.75 Å². The maximum absolute atomic E-state index is 12.4. The number of benzene rings is 2. The van der Waals surface area contributed by atoms with Crippen LogP contribution in [0.4, 0.5) is 11.4 Å².